The monoisotopic (exact) mass is 433 g/mol. The third kappa shape index (κ3) is 3.41. The van der Waals surface area contributed by atoms with Gasteiger partial charge in [-0.1, -0.05) is 12.1 Å². The van der Waals surface area contributed by atoms with E-state index in [1.54, 1.807) is 46.1 Å². The predicted molar refractivity (Wildman–Crippen MR) is 118 cm³/mol. The average molecular weight is 433 g/mol. The first-order valence-electron chi connectivity index (χ1n) is 10.6. The summed E-state index contributed by atoms with van der Waals surface area (Å²) < 4.78 is 7.09. The number of amides is 2. The molecule has 0 spiro atoms. The van der Waals surface area contributed by atoms with Crippen molar-refractivity contribution in [1.29, 1.82) is 0 Å². The summed E-state index contributed by atoms with van der Waals surface area (Å²) in [5.41, 5.74) is 6.98. The number of phenolic OH excluding ortho intramolecular Hbond substituents is 1. The number of fused-ring (bicyclic) bond motifs is 3. The Hall–Kier alpha value is -3.69. The lowest BCUT2D eigenvalue weighted by Crippen LogP contribution is -2.49. The molecule has 1 aliphatic carbocycles. The number of rotatable bonds is 4. The van der Waals surface area contributed by atoms with Gasteiger partial charge < -0.3 is 15.2 Å². The summed E-state index contributed by atoms with van der Waals surface area (Å²) in [5.74, 6) is -0.0274. The summed E-state index contributed by atoms with van der Waals surface area (Å²) in [6.07, 6.45) is 0. The minimum absolute atomic E-state index is 0.153. The van der Waals surface area contributed by atoms with Gasteiger partial charge in [-0.3, -0.25) is 14.9 Å². The minimum atomic E-state index is -0.407. The van der Waals surface area contributed by atoms with Crippen LogP contribution in [0.3, 0.4) is 0 Å². The van der Waals surface area contributed by atoms with E-state index in [0.29, 0.717) is 66.6 Å². The maximum atomic E-state index is 13.6. The van der Waals surface area contributed by atoms with Gasteiger partial charge in [0.05, 0.1) is 35.7 Å². The highest BCUT2D eigenvalue weighted by Gasteiger charge is 2.36. The molecule has 1 fully saturated rings. The molecule has 2 aromatic carbocycles. The molecule has 9 nitrogen and oxygen atoms in total. The second kappa shape index (κ2) is 8.10. The maximum absolute atomic E-state index is 13.6. The average Bonchev–Trinajstić information content (AvgIpc) is 3.31. The van der Waals surface area contributed by atoms with Gasteiger partial charge in [0.1, 0.15) is 11.4 Å². The van der Waals surface area contributed by atoms with E-state index in [2.05, 4.69) is 10.7 Å². The quantitative estimate of drug-likeness (QED) is 0.457. The van der Waals surface area contributed by atoms with Crippen molar-refractivity contribution < 1.29 is 19.4 Å². The molecule has 9 heteroatoms. The summed E-state index contributed by atoms with van der Waals surface area (Å²) >= 11 is 0. The van der Waals surface area contributed by atoms with E-state index in [9.17, 15) is 14.7 Å². The number of hydrazine groups is 1. The largest absolute Gasteiger partial charge is 0.508 e. The number of carbonyl (C=O) groups excluding carboxylic acids is 2. The highest BCUT2D eigenvalue weighted by Crippen LogP contribution is 2.44. The van der Waals surface area contributed by atoms with E-state index in [4.69, 9.17) is 9.84 Å². The van der Waals surface area contributed by atoms with Crippen molar-refractivity contribution in [2.45, 2.75) is 13.5 Å². The Morgan fingerprint density at radius 3 is 2.59 bits per heavy atom. The summed E-state index contributed by atoms with van der Waals surface area (Å²) in [7, 11) is 0. The smallest absolute Gasteiger partial charge is 0.333 e. The lowest BCUT2D eigenvalue weighted by Gasteiger charge is -2.27. The van der Waals surface area contributed by atoms with E-state index < -0.39 is 6.03 Å². The molecular formula is C23H23N5O4. The summed E-state index contributed by atoms with van der Waals surface area (Å²) in [5, 5.41) is 19.0. The standard InChI is InChI=1S/C23H23N5O4/c1-2-28-21(14-6-8-15(29)9-7-14)19-20(25-28)16-4-3-5-17(18(16)22(19)30)24-23(31)26-27-10-12-32-13-11-27/h3-9,29H,2,10-13H2,1H3,(H2,24,26,31). The van der Waals surface area contributed by atoms with Gasteiger partial charge in [-0.05, 0) is 37.3 Å². The van der Waals surface area contributed by atoms with E-state index in [1.165, 1.54) is 0 Å². The van der Waals surface area contributed by atoms with Crippen LogP contribution in [0.4, 0.5) is 10.5 Å². The Labute approximate surface area is 184 Å². The molecule has 3 aromatic rings. The second-order valence-corrected chi connectivity index (χ2v) is 7.66. The Morgan fingerprint density at radius 2 is 1.88 bits per heavy atom. The molecule has 32 heavy (non-hydrogen) atoms. The first kappa shape index (κ1) is 20.2. The zero-order valence-electron chi connectivity index (χ0n) is 17.6. The molecule has 1 aromatic heterocycles. The molecule has 2 aliphatic rings. The van der Waals surface area contributed by atoms with Crippen molar-refractivity contribution in [2.24, 2.45) is 0 Å². The van der Waals surface area contributed by atoms with Crippen molar-refractivity contribution >= 4 is 17.5 Å². The zero-order chi connectivity index (χ0) is 22.2. The Bertz CT molecular complexity index is 1200. The Balaban J connectivity index is 1.49. The van der Waals surface area contributed by atoms with Crippen LogP contribution in [0.15, 0.2) is 42.5 Å². The topological polar surface area (TPSA) is 109 Å². The van der Waals surface area contributed by atoms with Crippen molar-refractivity contribution in [3.63, 3.8) is 0 Å². The summed E-state index contributed by atoms with van der Waals surface area (Å²) in [4.78, 5) is 26.1. The fraction of sp³-hybridized carbons (Fsp3) is 0.261. The number of aromatic nitrogens is 2. The summed E-state index contributed by atoms with van der Waals surface area (Å²) in [6, 6.07) is 11.7. The number of aryl methyl sites for hydroxylation is 1. The molecular weight excluding hydrogens is 410 g/mol. The van der Waals surface area contributed by atoms with Crippen LogP contribution in [0.25, 0.3) is 22.5 Å². The number of ether oxygens (including phenoxy) is 1. The van der Waals surface area contributed by atoms with Crippen LogP contribution in [-0.2, 0) is 11.3 Å². The van der Waals surface area contributed by atoms with Crippen LogP contribution in [-0.4, -0.2) is 58.0 Å². The molecule has 0 bridgehead atoms. The van der Waals surface area contributed by atoms with Gasteiger partial charge in [0.25, 0.3) is 0 Å². The number of urea groups is 1. The number of carbonyl (C=O) groups is 2. The number of ketones is 1. The number of nitrogens with one attached hydrogen (secondary N) is 2. The van der Waals surface area contributed by atoms with Gasteiger partial charge in [0.15, 0.2) is 5.78 Å². The van der Waals surface area contributed by atoms with Gasteiger partial charge in [0.2, 0.25) is 0 Å². The number of aromatic hydroxyl groups is 1. The number of nitrogens with zero attached hydrogens (tertiary/aromatic N) is 3. The molecule has 1 aliphatic heterocycles. The van der Waals surface area contributed by atoms with Crippen molar-refractivity contribution in [1.82, 2.24) is 20.2 Å². The normalized spacial score (nSPS) is 15.3. The van der Waals surface area contributed by atoms with Gasteiger partial charge in [-0.2, -0.15) is 5.10 Å². The van der Waals surface area contributed by atoms with Crippen LogP contribution in [0.2, 0.25) is 0 Å². The predicted octanol–water partition coefficient (Wildman–Crippen LogP) is 2.86. The Kier molecular flexibility index (Phi) is 5.12. The van der Waals surface area contributed by atoms with E-state index in [-0.39, 0.29) is 11.5 Å². The molecule has 1 saturated heterocycles. The van der Waals surface area contributed by atoms with Gasteiger partial charge >= 0.3 is 6.03 Å². The molecule has 0 atom stereocenters. The molecule has 0 saturated carbocycles. The Morgan fingerprint density at radius 1 is 1.12 bits per heavy atom. The van der Waals surface area contributed by atoms with Crippen molar-refractivity contribution in [3.05, 3.63) is 53.6 Å². The SMILES string of the molecule is CCn1nc2c(c1-c1ccc(O)cc1)C(=O)c1c(NC(=O)NN3CCOCC3)cccc1-2. The third-order valence-electron chi connectivity index (χ3n) is 5.69. The first-order valence-corrected chi connectivity index (χ1v) is 10.6. The number of benzene rings is 2. The van der Waals surface area contributed by atoms with Crippen LogP contribution in [0, 0.1) is 0 Å². The molecule has 0 radical (unpaired) electrons. The molecule has 0 unspecified atom stereocenters. The maximum Gasteiger partial charge on any atom is 0.333 e. The first-order chi connectivity index (χ1) is 15.6. The van der Waals surface area contributed by atoms with E-state index in [0.717, 1.165) is 5.56 Å². The fourth-order valence-corrected chi connectivity index (χ4v) is 4.20. The summed E-state index contributed by atoms with van der Waals surface area (Å²) in [6.45, 7) is 4.87. The van der Waals surface area contributed by atoms with Crippen molar-refractivity contribution in [3.8, 4) is 28.3 Å². The second-order valence-electron chi connectivity index (χ2n) is 7.66. The lowest BCUT2D eigenvalue weighted by atomic mass is 10.0. The van der Waals surface area contributed by atoms with Crippen LogP contribution in [0.1, 0.15) is 22.8 Å². The molecule has 2 heterocycles. The number of hydrogen-bond donors (Lipinski definition) is 3. The lowest BCUT2D eigenvalue weighted by molar-refractivity contribution is 0.0207. The van der Waals surface area contributed by atoms with Crippen LogP contribution >= 0.6 is 0 Å². The molecule has 3 N–H and O–H groups in total. The number of phenols is 1. The zero-order valence-corrected chi connectivity index (χ0v) is 17.6. The number of anilines is 1. The van der Waals surface area contributed by atoms with Crippen molar-refractivity contribution in [2.75, 3.05) is 31.6 Å². The van der Waals surface area contributed by atoms with Crippen LogP contribution in [0.5, 0.6) is 5.75 Å². The number of hydrogen-bond acceptors (Lipinski definition) is 6. The van der Waals surface area contributed by atoms with Gasteiger partial charge in [0, 0.05) is 30.8 Å². The van der Waals surface area contributed by atoms with Gasteiger partial charge in [-0.25, -0.2) is 9.80 Å². The molecule has 164 valence electrons. The third-order valence-corrected chi connectivity index (χ3v) is 5.69. The minimum Gasteiger partial charge on any atom is -0.508 e. The highest BCUT2D eigenvalue weighted by molar-refractivity contribution is 6.27. The number of morpholine rings is 1. The van der Waals surface area contributed by atoms with E-state index in [1.807, 2.05) is 13.0 Å². The highest BCUT2D eigenvalue weighted by atomic mass is 16.5. The fourth-order valence-electron chi connectivity index (χ4n) is 4.20. The van der Waals surface area contributed by atoms with Gasteiger partial charge in [-0.15, -0.1) is 0 Å². The van der Waals surface area contributed by atoms with Crippen LogP contribution < -0.4 is 10.7 Å². The molecule has 2 amide bonds. The molecule has 5 rings (SSSR count). The van der Waals surface area contributed by atoms with E-state index >= 15 is 0 Å².